The number of hydrogen-bond acceptors (Lipinski definition) is 2. The summed E-state index contributed by atoms with van der Waals surface area (Å²) in [6.45, 7) is 0.645. The third-order valence-corrected chi connectivity index (χ3v) is 4.88. The van der Waals surface area contributed by atoms with Crippen LogP contribution in [0.2, 0.25) is 0 Å². The molecule has 2 aromatic heterocycles. The van der Waals surface area contributed by atoms with E-state index in [0.29, 0.717) is 12.4 Å². The number of fused-ring (bicyclic) bond motifs is 1. The molecule has 5 aromatic rings. The second-order valence-electron chi connectivity index (χ2n) is 6.96. The Morgan fingerprint density at radius 2 is 1.59 bits per heavy atom. The SMILES string of the molecule is Fc1ccc(C[n+]2cccc(-c3nc4cc(-c5ccccc5)ccc4o3)c2)cc1. The van der Waals surface area contributed by atoms with Crippen molar-refractivity contribution in [2.75, 3.05) is 0 Å². The molecule has 0 atom stereocenters. The molecule has 0 unspecified atom stereocenters. The number of hydrogen-bond donors (Lipinski definition) is 0. The summed E-state index contributed by atoms with van der Waals surface area (Å²) >= 11 is 0. The van der Waals surface area contributed by atoms with E-state index in [1.807, 2.05) is 65.5 Å². The minimum Gasteiger partial charge on any atom is -0.436 e. The van der Waals surface area contributed by atoms with Crippen LogP contribution in [-0.4, -0.2) is 4.98 Å². The van der Waals surface area contributed by atoms with Crippen molar-refractivity contribution in [2.24, 2.45) is 0 Å². The van der Waals surface area contributed by atoms with Crippen LogP contribution in [0.3, 0.4) is 0 Å². The van der Waals surface area contributed by atoms with Crippen LogP contribution in [-0.2, 0) is 6.54 Å². The molecule has 0 spiro atoms. The summed E-state index contributed by atoms with van der Waals surface area (Å²) < 4.78 is 21.1. The highest BCUT2D eigenvalue weighted by atomic mass is 19.1. The van der Waals surface area contributed by atoms with E-state index in [4.69, 9.17) is 9.40 Å². The monoisotopic (exact) mass is 381 g/mol. The topological polar surface area (TPSA) is 29.9 Å². The predicted molar refractivity (Wildman–Crippen MR) is 111 cm³/mol. The molecule has 4 heteroatoms. The molecule has 0 amide bonds. The van der Waals surface area contributed by atoms with Gasteiger partial charge >= 0.3 is 0 Å². The molecule has 140 valence electrons. The number of pyridine rings is 1. The minimum atomic E-state index is -0.228. The fourth-order valence-corrected chi connectivity index (χ4v) is 3.41. The quantitative estimate of drug-likeness (QED) is 0.377. The molecule has 3 aromatic carbocycles. The summed E-state index contributed by atoms with van der Waals surface area (Å²) in [6.07, 6.45) is 3.97. The first-order chi connectivity index (χ1) is 14.2. The summed E-state index contributed by atoms with van der Waals surface area (Å²) in [5.41, 5.74) is 5.77. The molecule has 0 saturated heterocycles. The maximum atomic E-state index is 13.1. The van der Waals surface area contributed by atoms with Gasteiger partial charge in [0.05, 0.1) is 0 Å². The van der Waals surface area contributed by atoms with E-state index < -0.39 is 0 Å². The van der Waals surface area contributed by atoms with Crippen molar-refractivity contribution in [1.82, 2.24) is 4.98 Å². The summed E-state index contributed by atoms with van der Waals surface area (Å²) in [5, 5.41) is 0. The van der Waals surface area contributed by atoms with E-state index in [0.717, 1.165) is 33.4 Å². The molecule has 0 aliphatic heterocycles. The van der Waals surface area contributed by atoms with Gasteiger partial charge in [-0.1, -0.05) is 36.4 Å². The first-order valence-electron chi connectivity index (χ1n) is 9.44. The van der Waals surface area contributed by atoms with Crippen LogP contribution in [0, 0.1) is 5.82 Å². The molecule has 0 aliphatic rings. The maximum Gasteiger partial charge on any atom is 0.233 e. The van der Waals surface area contributed by atoms with Gasteiger partial charge in [0, 0.05) is 11.6 Å². The molecule has 2 heterocycles. The Morgan fingerprint density at radius 3 is 2.41 bits per heavy atom. The lowest BCUT2D eigenvalue weighted by Crippen LogP contribution is -2.33. The van der Waals surface area contributed by atoms with Crippen LogP contribution in [0.1, 0.15) is 5.56 Å². The van der Waals surface area contributed by atoms with Crippen molar-refractivity contribution in [3.8, 4) is 22.6 Å². The molecule has 0 radical (unpaired) electrons. The van der Waals surface area contributed by atoms with Gasteiger partial charge in [-0.25, -0.2) is 9.37 Å². The smallest absolute Gasteiger partial charge is 0.233 e. The molecule has 0 saturated carbocycles. The Labute approximate surface area is 167 Å². The lowest BCUT2D eigenvalue weighted by atomic mass is 10.1. The van der Waals surface area contributed by atoms with Crippen molar-refractivity contribution in [2.45, 2.75) is 6.54 Å². The van der Waals surface area contributed by atoms with Gasteiger partial charge in [0.15, 0.2) is 24.5 Å². The van der Waals surface area contributed by atoms with Crippen molar-refractivity contribution in [3.05, 3.63) is 109 Å². The molecule has 3 nitrogen and oxygen atoms in total. The van der Waals surface area contributed by atoms with Gasteiger partial charge in [-0.05, 0) is 53.6 Å². The zero-order chi connectivity index (χ0) is 19.6. The summed E-state index contributed by atoms with van der Waals surface area (Å²) in [4.78, 5) is 4.70. The van der Waals surface area contributed by atoms with Crippen LogP contribution in [0.4, 0.5) is 4.39 Å². The number of oxazole rings is 1. The Hall–Kier alpha value is -3.79. The van der Waals surface area contributed by atoms with Gasteiger partial charge in [0.25, 0.3) is 0 Å². The average molecular weight is 381 g/mol. The van der Waals surface area contributed by atoms with Crippen molar-refractivity contribution < 1.29 is 13.4 Å². The number of aromatic nitrogens is 2. The maximum absolute atomic E-state index is 13.1. The van der Waals surface area contributed by atoms with E-state index in [1.165, 1.54) is 12.1 Å². The highest BCUT2D eigenvalue weighted by Gasteiger charge is 2.13. The highest BCUT2D eigenvalue weighted by molar-refractivity contribution is 5.82. The predicted octanol–water partition coefficient (Wildman–Crippen LogP) is 5.64. The Balaban J connectivity index is 1.46. The summed E-state index contributed by atoms with van der Waals surface area (Å²) in [7, 11) is 0. The van der Waals surface area contributed by atoms with Crippen LogP contribution < -0.4 is 4.57 Å². The van der Waals surface area contributed by atoms with E-state index in [-0.39, 0.29) is 5.82 Å². The zero-order valence-electron chi connectivity index (χ0n) is 15.6. The zero-order valence-corrected chi connectivity index (χ0v) is 15.6. The van der Waals surface area contributed by atoms with Gasteiger partial charge < -0.3 is 4.42 Å². The Morgan fingerprint density at radius 1 is 0.793 bits per heavy atom. The highest BCUT2D eigenvalue weighted by Crippen LogP contribution is 2.27. The van der Waals surface area contributed by atoms with Gasteiger partial charge in [-0.15, -0.1) is 0 Å². The van der Waals surface area contributed by atoms with Crippen molar-refractivity contribution in [1.29, 1.82) is 0 Å². The van der Waals surface area contributed by atoms with E-state index >= 15 is 0 Å². The third-order valence-electron chi connectivity index (χ3n) is 4.88. The first kappa shape index (κ1) is 17.3. The molecular formula is C25H18FN2O+. The van der Waals surface area contributed by atoms with Gasteiger partial charge in [0.1, 0.15) is 16.9 Å². The van der Waals surface area contributed by atoms with Gasteiger partial charge in [-0.2, -0.15) is 4.57 Å². The van der Waals surface area contributed by atoms with E-state index in [2.05, 4.69) is 12.1 Å². The molecule has 0 fully saturated rings. The fourth-order valence-electron chi connectivity index (χ4n) is 3.41. The number of nitrogens with zero attached hydrogens (tertiary/aromatic N) is 2. The Bertz CT molecular complexity index is 1280. The lowest BCUT2D eigenvalue weighted by molar-refractivity contribution is -0.687. The fraction of sp³-hybridized carbons (Fsp3) is 0.0400. The molecule has 5 rings (SSSR count). The number of benzene rings is 3. The van der Waals surface area contributed by atoms with Gasteiger partial charge in [0.2, 0.25) is 5.89 Å². The lowest BCUT2D eigenvalue weighted by Gasteiger charge is -1.99. The third kappa shape index (κ3) is 3.65. The van der Waals surface area contributed by atoms with Gasteiger partial charge in [-0.3, -0.25) is 0 Å². The molecule has 0 N–H and O–H groups in total. The Kier molecular flexibility index (Phi) is 4.37. The second-order valence-corrected chi connectivity index (χ2v) is 6.96. The molecule has 29 heavy (non-hydrogen) atoms. The second kappa shape index (κ2) is 7.32. The van der Waals surface area contributed by atoms with Crippen molar-refractivity contribution in [3.63, 3.8) is 0 Å². The van der Waals surface area contributed by atoms with E-state index in [1.54, 1.807) is 12.1 Å². The minimum absolute atomic E-state index is 0.228. The van der Waals surface area contributed by atoms with Crippen LogP contribution in [0.25, 0.3) is 33.7 Å². The van der Waals surface area contributed by atoms with Crippen LogP contribution >= 0.6 is 0 Å². The van der Waals surface area contributed by atoms with Crippen molar-refractivity contribution >= 4 is 11.1 Å². The summed E-state index contributed by atoms with van der Waals surface area (Å²) in [5.74, 6) is 0.354. The molecule has 0 aliphatic carbocycles. The molecule has 0 bridgehead atoms. The van der Waals surface area contributed by atoms with Crippen LogP contribution in [0.15, 0.2) is 102 Å². The number of halogens is 1. The average Bonchev–Trinajstić information content (AvgIpc) is 3.20. The largest absolute Gasteiger partial charge is 0.436 e. The van der Waals surface area contributed by atoms with E-state index in [9.17, 15) is 4.39 Å². The normalized spacial score (nSPS) is 11.1. The van der Waals surface area contributed by atoms with Crippen LogP contribution in [0.5, 0.6) is 0 Å². The standard InChI is InChI=1S/C25H18FN2O/c26-22-11-8-18(9-12-22)16-28-14-4-7-21(17-28)25-27-23-15-20(10-13-24(23)29-25)19-5-2-1-3-6-19/h1-15,17H,16H2/q+1. The molecular weight excluding hydrogens is 363 g/mol. The summed E-state index contributed by atoms with van der Waals surface area (Å²) in [6, 6.07) is 26.8. The first-order valence-corrected chi connectivity index (χ1v) is 9.44. The number of rotatable bonds is 4.